The Morgan fingerprint density at radius 1 is 0.960 bits per heavy atom. The number of amides is 1. The van der Waals surface area contributed by atoms with Crippen molar-refractivity contribution in [1.29, 1.82) is 0 Å². The first-order chi connectivity index (χ1) is 12.2. The molecule has 5 nitrogen and oxygen atoms in total. The minimum absolute atomic E-state index is 0.204. The Labute approximate surface area is 145 Å². The minimum Gasteiger partial charge on any atom is -0.321 e. The molecule has 0 aliphatic rings. The predicted octanol–water partition coefficient (Wildman–Crippen LogP) is 3.11. The molecule has 0 aliphatic carbocycles. The molecule has 1 aromatic heterocycles. The summed E-state index contributed by atoms with van der Waals surface area (Å²) in [5.41, 5.74) is 2.81. The molecule has 0 radical (unpaired) electrons. The fourth-order valence-electron chi connectivity index (χ4n) is 2.46. The minimum atomic E-state index is -0.342. The van der Waals surface area contributed by atoms with Gasteiger partial charge < -0.3 is 5.32 Å². The molecule has 1 N–H and O–H groups in total. The van der Waals surface area contributed by atoms with Crippen molar-refractivity contribution in [3.8, 4) is 0 Å². The van der Waals surface area contributed by atoms with Crippen LogP contribution < -0.4 is 10.9 Å². The van der Waals surface area contributed by atoms with E-state index in [2.05, 4.69) is 17.3 Å². The lowest BCUT2D eigenvalue weighted by Gasteiger charge is -2.08. The van der Waals surface area contributed by atoms with Crippen LogP contribution in [0.4, 0.5) is 5.69 Å². The second kappa shape index (κ2) is 7.57. The topological polar surface area (TPSA) is 64.0 Å². The third-order valence-corrected chi connectivity index (χ3v) is 3.89. The SMILES string of the molecule is CCc1ccc(NC(=O)c2ccc(=O)n(Cc3ccccc3)n2)cc1. The van der Waals surface area contributed by atoms with Gasteiger partial charge in [0.05, 0.1) is 6.54 Å². The van der Waals surface area contributed by atoms with Crippen LogP contribution in [-0.2, 0) is 13.0 Å². The van der Waals surface area contributed by atoms with Gasteiger partial charge in [0.25, 0.3) is 11.5 Å². The maximum atomic E-state index is 12.4. The van der Waals surface area contributed by atoms with Crippen LogP contribution in [0.25, 0.3) is 0 Å². The van der Waals surface area contributed by atoms with Crippen molar-refractivity contribution in [3.63, 3.8) is 0 Å². The summed E-state index contributed by atoms with van der Waals surface area (Å²) < 4.78 is 1.30. The van der Waals surface area contributed by atoms with Crippen molar-refractivity contribution >= 4 is 11.6 Å². The summed E-state index contributed by atoms with van der Waals surface area (Å²) in [5, 5.41) is 6.99. The van der Waals surface area contributed by atoms with E-state index in [4.69, 9.17) is 0 Å². The number of aromatic nitrogens is 2. The largest absolute Gasteiger partial charge is 0.321 e. The first kappa shape index (κ1) is 16.6. The summed E-state index contributed by atoms with van der Waals surface area (Å²) in [6.45, 7) is 2.40. The highest BCUT2D eigenvalue weighted by atomic mass is 16.2. The van der Waals surface area contributed by atoms with Crippen molar-refractivity contribution in [2.75, 3.05) is 5.32 Å². The average molecular weight is 333 g/mol. The number of hydrogen-bond acceptors (Lipinski definition) is 3. The molecule has 3 aromatic rings. The Bertz CT molecular complexity index is 916. The first-order valence-corrected chi connectivity index (χ1v) is 8.18. The van der Waals surface area contributed by atoms with Gasteiger partial charge in [0.2, 0.25) is 0 Å². The Balaban J connectivity index is 1.78. The zero-order valence-corrected chi connectivity index (χ0v) is 14.0. The van der Waals surface area contributed by atoms with Gasteiger partial charge in [-0.2, -0.15) is 5.10 Å². The maximum Gasteiger partial charge on any atom is 0.276 e. The molecule has 126 valence electrons. The van der Waals surface area contributed by atoms with Gasteiger partial charge in [0.15, 0.2) is 0 Å². The summed E-state index contributed by atoms with van der Waals surface area (Å²) in [5.74, 6) is -0.342. The average Bonchev–Trinajstić information content (AvgIpc) is 2.65. The summed E-state index contributed by atoms with van der Waals surface area (Å²) in [4.78, 5) is 24.4. The predicted molar refractivity (Wildman–Crippen MR) is 97.8 cm³/mol. The molecule has 5 heteroatoms. The second-order valence-corrected chi connectivity index (χ2v) is 5.70. The maximum absolute atomic E-state index is 12.4. The molecule has 0 saturated heterocycles. The number of aryl methyl sites for hydroxylation is 1. The lowest BCUT2D eigenvalue weighted by atomic mass is 10.1. The number of benzene rings is 2. The van der Waals surface area contributed by atoms with Gasteiger partial charge >= 0.3 is 0 Å². The van der Waals surface area contributed by atoms with Crippen molar-refractivity contribution in [1.82, 2.24) is 9.78 Å². The van der Waals surface area contributed by atoms with Crippen LogP contribution in [0.2, 0.25) is 0 Å². The molecule has 0 saturated carbocycles. The molecule has 2 aromatic carbocycles. The summed E-state index contributed by atoms with van der Waals surface area (Å²) >= 11 is 0. The van der Waals surface area contributed by atoms with E-state index in [9.17, 15) is 9.59 Å². The van der Waals surface area contributed by atoms with E-state index >= 15 is 0 Å². The van der Waals surface area contributed by atoms with Crippen LogP contribution in [-0.4, -0.2) is 15.7 Å². The van der Waals surface area contributed by atoms with Gasteiger partial charge in [0, 0.05) is 11.8 Å². The third kappa shape index (κ3) is 4.20. The molecule has 0 unspecified atom stereocenters. The van der Waals surface area contributed by atoms with Crippen LogP contribution in [0.15, 0.2) is 71.5 Å². The Kier molecular flexibility index (Phi) is 5.04. The van der Waals surface area contributed by atoms with E-state index in [1.54, 1.807) is 0 Å². The zero-order valence-electron chi connectivity index (χ0n) is 14.0. The standard InChI is InChI=1S/C20H19N3O2/c1-2-15-8-10-17(11-9-15)21-20(25)18-12-13-19(24)23(22-18)14-16-6-4-3-5-7-16/h3-13H,2,14H2,1H3,(H,21,25). The van der Waals surface area contributed by atoms with Gasteiger partial charge in [-0.15, -0.1) is 0 Å². The van der Waals surface area contributed by atoms with E-state index in [1.807, 2.05) is 54.6 Å². The molecular formula is C20H19N3O2. The van der Waals surface area contributed by atoms with Crippen molar-refractivity contribution < 1.29 is 4.79 Å². The van der Waals surface area contributed by atoms with Gasteiger partial charge in [-0.05, 0) is 35.7 Å². The number of rotatable bonds is 5. The van der Waals surface area contributed by atoms with Gasteiger partial charge in [-0.1, -0.05) is 49.4 Å². The normalized spacial score (nSPS) is 10.4. The number of carbonyl (C=O) groups excluding carboxylic acids is 1. The Morgan fingerprint density at radius 2 is 1.68 bits per heavy atom. The first-order valence-electron chi connectivity index (χ1n) is 8.18. The van der Waals surface area contributed by atoms with Crippen molar-refractivity contribution in [3.05, 3.63) is 93.9 Å². The van der Waals surface area contributed by atoms with Gasteiger partial charge in [-0.25, -0.2) is 4.68 Å². The van der Waals surface area contributed by atoms with E-state index in [-0.39, 0.29) is 17.2 Å². The fourth-order valence-corrected chi connectivity index (χ4v) is 2.46. The third-order valence-electron chi connectivity index (χ3n) is 3.89. The zero-order chi connectivity index (χ0) is 17.6. The van der Waals surface area contributed by atoms with Crippen LogP contribution >= 0.6 is 0 Å². The molecule has 0 spiro atoms. The number of hydrogen-bond donors (Lipinski definition) is 1. The highest BCUT2D eigenvalue weighted by Crippen LogP contribution is 2.11. The van der Waals surface area contributed by atoms with Crippen LogP contribution in [0.3, 0.4) is 0 Å². The Morgan fingerprint density at radius 3 is 2.36 bits per heavy atom. The number of nitrogens with one attached hydrogen (secondary N) is 1. The molecule has 1 heterocycles. The van der Waals surface area contributed by atoms with E-state index in [0.717, 1.165) is 12.0 Å². The number of carbonyl (C=O) groups is 1. The molecule has 0 aliphatic heterocycles. The van der Waals surface area contributed by atoms with Crippen molar-refractivity contribution in [2.24, 2.45) is 0 Å². The van der Waals surface area contributed by atoms with Crippen LogP contribution in [0, 0.1) is 0 Å². The lowest BCUT2D eigenvalue weighted by molar-refractivity contribution is 0.102. The molecule has 0 fully saturated rings. The monoisotopic (exact) mass is 333 g/mol. The highest BCUT2D eigenvalue weighted by molar-refractivity contribution is 6.02. The highest BCUT2D eigenvalue weighted by Gasteiger charge is 2.10. The molecule has 3 rings (SSSR count). The summed E-state index contributed by atoms with van der Waals surface area (Å²) in [6, 6.07) is 20.0. The molecular weight excluding hydrogens is 314 g/mol. The number of nitrogens with zero attached hydrogens (tertiary/aromatic N) is 2. The molecule has 0 atom stereocenters. The van der Waals surface area contributed by atoms with E-state index in [0.29, 0.717) is 12.2 Å². The summed E-state index contributed by atoms with van der Waals surface area (Å²) in [6.07, 6.45) is 0.945. The molecule has 1 amide bonds. The molecule has 0 bridgehead atoms. The summed E-state index contributed by atoms with van der Waals surface area (Å²) in [7, 11) is 0. The van der Waals surface area contributed by atoms with Crippen molar-refractivity contribution in [2.45, 2.75) is 19.9 Å². The quantitative estimate of drug-likeness (QED) is 0.780. The van der Waals surface area contributed by atoms with Crippen LogP contribution in [0.5, 0.6) is 0 Å². The van der Waals surface area contributed by atoms with Gasteiger partial charge in [0.1, 0.15) is 5.69 Å². The second-order valence-electron chi connectivity index (χ2n) is 5.70. The lowest BCUT2D eigenvalue weighted by Crippen LogP contribution is -2.26. The fraction of sp³-hybridized carbons (Fsp3) is 0.150. The molecule has 25 heavy (non-hydrogen) atoms. The van der Waals surface area contributed by atoms with Crippen LogP contribution in [0.1, 0.15) is 28.5 Å². The van der Waals surface area contributed by atoms with E-state index in [1.165, 1.54) is 22.4 Å². The number of anilines is 1. The van der Waals surface area contributed by atoms with E-state index < -0.39 is 0 Å². The van der Waals surface area contributed by atoms with Gasteiger partial charge in [-0.3, -0.25) is 9.59 Å². The smallest absolute Gasteiger partial charge is 0.276 e. The Hall–Kier alpha value is -3.21.